The molecule has 8 nitrogen and oxygen atoms in total. The first-order chi connectivity index (χ1) is 11.1. The molecule has 1 aliphatic rings. The molecule has 2 aromatic heterocycles. The van der Waals surface area contributed by atoms with Crippen LogP contribution >= 0.6 is 0 Å². The van der Waals surface area contributed by atoms with Gasteiger partial charge in [0, 0.05) is 12.7 Å². The SMILES string of the molecule is O=C(O)C1CCCCN1C(=O)c1cn(Cc2ccccn2)nn1. The minimum absolute atomic E-state index is 0.161. The van der Waals surface area contributed by atoms with E-state index in [0.29, 0.717) is 19.5 Å². The van der Waals surface area contributed by atoms with Crippen molar-refractivity contribution in [2.45, 2.75) is 31.8 Å². The number of rotatable bonds is 4. The second-order valence-electron chi connectivity index (χ2n) is 5.47. The van der Waals surface area contributed by atoms with E-state index >= 15 is 0 Å². The smallest absolute Gasteiger partial charge is 0.326 e. The van der Waals surface area contributed by atoms with Crippen molar-refractivity contribution >= 4 is 11.9 Å². The first kappa shape index (κ1) is 15.1. The number of carbonyl (C=O) groups is 2. The fourth-order valence-corrected chi connectivity index (χ4v) is 2.71. The third-order valence-electron chi connectivity index (χ3n) is 3.86. The van der Waals surface area contributed by atoms with E-state index in [1.165, 1.54) is 15.8 Å². The maximum atomic E-state index is 12.5. The Labute approximate surface area is 132 Å². The number of piperidine rings is 1. The first-order valence-electron chi connectivity index (χ1n) is 7.49. The van der Waals surface area contributed by atoms with E-state index in [0.717, 1.165) is 18.5 Å². The molecular formula is C15H17N5O3. The van der Waals surface area contributed by atoms with Gasteiger partial charge < -0.3 is 10.0 Å². The second-order valence-corrected chi connectivity index (χ2v) is 5.47. The summed E-state index contributed by atoms with van der Waals surface area (Å²) in [5.41, 5.74) is 0.965. The molecule has 120 valence electrons. The van der Waals surface area contributed by atoms with E-state index in [1.54, 1.807) is 6.20 Å². The number of aromatic nitrogens is 4. The van der Waals surface area contributed by atoms with E-state index < -0.39 is 12.0 Å². The summed E-state index contributed by atoms with van der Waals surface area (Å²) >= 11 is 0. The number of carboxylic acids is 1. The maximum Gasteiger partial charge on any atom is 0.326 e. The summed E-state index contributed by atoms with van der Waals surface area (Å²) in [7, 11) is 0. The average Bonchev–Trinajstić information content (AvgIpc) is 3.03. The Morgan fingerprint density at radius 2 is 2.17 bits per heavy atom. The predicted octanol–water partition coefficient (Wildman–Crippen LogP) is 0.801. The molecule has 1 unspecified atom stereocenters. The van der Waals surface area contributed by atoms with Gasteiger partial charge in [-0.3, -0.25) is 9.78 Å². The topological polar surface area (TPSA) is 101 Å². The minimum atomic E-state index is -0.973. The Hall–Kier alpha value is -2.77. The van der Waals surface area contributed by atoms with E-state index in [-0.39, 0.29) is 11.6 Å². The fraction of sp³-hybridized carbons (Fsp3) is 0.400. The van der Waals surface area contributed by atoms with Gasteiger partial charge in [-0.05, 0) is 31.4 Å². The Morgan fingerprint density at radius 3 is 2.91 bits per heavy atom. The number of pyridine rings is 1. The van der Waals surface area contributed by atoms with Crippen LogP contribution in [-0.4, -0.2) is 54.4 Å². The molecule has 1 N–H and O–H groups in total. The number of likely N-dealkylation sites (tertiary alicyclic amines) is 1. The van der Waals surface area contributed by atoms with Gasteiger partial charge in [0.05, 0.1) is 18.4 Å². The number of nitrogens with zero attached hydrogens (tertiary/aromatic N) is 5. The van der Waals surface area contributed by atoms with Gasteiger partial charge in [0.2, 0.25) is 0 Å². The van der Waals surface area contributed by atoms with Crippen molar-refractivity contribution in [2.75, 3.05) is 6.54 Å². The van der Waals surface area contributed by atoms with E-state index in [1.807, 2.05) is 18.2 Å². The van der Waals surface area contributed by atoms with Crippen LogP contribution in [0.2, 0.25) is 0 Å². The molecule has 1 aliphatic heterocycles. The first-order valence-corrected chi connectivity index (χ1v) is 7.49. The molecule has 8 heteroatoms. The molecule has 1 amide bonds. The van der Waals surface area contributed by atoms with E-state index in [4.69, 9.17) is 0 Å². The van der Waals surface area contributed by atoms with Crippen molar-refractivity contribution < 1.29 is 14.7 Å². The molecule has 0 aliphatic carbocycles. The predicted molar refractivity (Wildman–Crippen MR) is 79.7 cm³/mol. The summed E-state index contributed by atoms with van der Waals surface area (Å²) in [6.45, 7) is 0.840. The number of hydrogen-bond donors (Lipinski definition) is 1. The molecule has 1 atom stereocenters. The summed E-state index contributed by atoms with van der Waals surface area (Å²) in [6, 6.07) is 4.77. The van der Waals surface area contributed by atoms with Gasteiger partial charge in [0.1, 0.15) is 6.04 Å². The normalized spacial score (nSPS) is 17.9. The van der Waals surface area contributed by atoms with Gasteiger partial charge in [0.25, 0.3) is 5.91 Å². The van der Waals surface area contributed by atoms with Gasteiger partial charge in [-0.25, -0.2) is 9.48 Å². The second kappa shape index (κ2) is 6.55. The lowest BCUT2D eigenvalue weighted by molar-refractivity contribution is -0.143. The van der Waals surface area contributed by atoms with Crippen LogP contribution in [-0.2, 0) is 11.3 Å². The highest BCUT2D eigenvalue weighted by molar-refractivity contribution is 5.94. The monoisotopic (exact) mass is 315 g/mol. The summed E-state index contributed by atoms with van der Waals surface area (Å²) < 4.78 is 1.52. The van der Waals surface area contributed by atoms with Crippen LogP contribution in [0.15, 0.2) is 30.6 Å². The van der Waals surface area contributed by atoms with Crippen LogP contribution in [0.4, 0.5) is 0 Å². The molecule has 3 heterocycles. The highest BCUT2D eigenvalue weighted by Crippen LogP contribution is 2.19. The lowest BCUT2D eigenvalue weighted by Crippen LogP contribution is -2.48. The van der Waals surface area contributed by atoms with Crippen molar-refractivity contribution in [3.63, 3.8) is 0 Å². The summed E-state index contributed by atoms with van der Waals surface area (Å²) in [4.78, 5) is 29.4. The van der Waals surface area contributed by atoms with Crippen molar-refractivity contribution in [3.05, 3.63) is 42.0 Å². The molecule has 2 aromatic rings. The number of carboxylic acid groups (broad SMARTS) is 1. The summed E-state index contributed by atoms with van der Waals surface area (Å²) in [6.07, 6.45) is 5.31. The van der Waals surface area contributed by atoms with Crippen molar-refractivity contribution in [1.82, 2.24) is 24.9 Å². The van der Waals surface area contributed by atoms with Crippen molar-refractivity contribution in [1.29, 1.82) is 0 Å². The Bertz CT molecular complexity index is 700. The van der Waals surface area contributed by atoms with Crippen LogP contribution in [0, 0.1) is 0 Å². The molecule has 0 aromatic carbocycles. The zero-order chi connectivity index (χ0) is 16.2. The van der Waals surface area contributed by atoms with Gasteiger partial charge in [-0.1, -0.05) is 11.3 Å². The standard InChI is InChI=1S/C15H17N5O3/c21-14(20-8-4-2-6-13(20)15(22)23)12-10-19(18-17-12)9-11-5-1-3-7-16-11/h1,3,5,7,10,13H,2,4,6,8-9H2,(H,22,23). The van der Waals surface area contributed by atoms with Crippen LogP contribution in [0.3, 0.4) is 0 Å². The molecular weight excluding hydrogens is 298 g/mol. The van der Waals surface area contributed by atoms with Gasteiger partial charge >= 0.3 is 5.97 Å². The Kier molecular flexibility index (Phi) is 4.31. The minimum Gasteiger partial charge on any atom is -0.480 e. The van der Waals surface area contributed by atoms with E-state index in [2.05, 4.69) is 15.3 Å². The molecule has 23 heavy (non-hydrogen) atoms. The summed E-state index contributed by atoms with van der Waals surface area (Å²) in [5, 5.41) is 17.1. The largest absolute Gasteiger partial charge is 0.480 e. The zero-order valence-corrected chi connectivity index (χ0v) is 12.5. The number of aliphatic carboxylic acids is 1. The van der Waals surface area contributed by atoms with Crippen LogP contribution < -0.4 is 0 Å². The number of carbonyl (C=O) groups excluding carboxylic acids is 1. The number of amides is 1. The van der Waals surface area contributed by atoms with Crippen molar-refractivity contribution in [2.24, 2.45) is 0 Å². The van der Waals surface area contributed by atoms with Crippen molar-refractivity contribution in [3.8, 4) is 0 Å². The molecule has 0 bridgehead atoms. The van der Waals surface area contributed by atoms with Gasteiger partial charge in [-0.2, -0.15) is 0 Å². The van der Waals surface area contributed by atoms with Gasteiger partial charge in [0.15, 0.2) is 5.69 Å². The van der Waals surface area contributed by atoms with Gasteiger partial charge in [-0.15, -0.1) is 5.10 Å². The average molecular weight is 315 g/mol. The Morgan fingerprint density at radius 1 is 1.30 bits per heavy atom. The maximum absolute atomic E-state index is 12.5. The fourth-order valence-electron chi connectivity index (χ4n) is 2.71. The molecule has 3 rings (SSSR count). The third kappa shape index (κ3) is 3.36. The lowest BCUT2D eigenvalue weighted by atomic mass is 10.0. The molecule has 1 fully saturated rings. The third-order valence-corrected chi connectivity index (χ3v) is 3.86. The molecule has 0 spiro atoms. The highest BCUT2D eigenvalue weighted by Gasteiger charge is 2.33. The highest BCUT2D eigenvalue weighted by atomic mass is 16.4. The lowest BCUT2D eigenvalue weighted by Gasteiger charge is -2.32. The van der Waals surface area contributed by atoms with Crippen LogP contribution in [0.5, 0.6) is 0 Å². The Balaban J connectivity index is 1.74. The van der Waals surface area contributed by atoms with Crippen LogP contribution in [0.25, 0.3) is 0 Å². The quantitative estimate of drug-likeness (QED) is 0.895. The molecule has 0 radical (unpaired) electrons. The summed E-state index contributed by atoms with van der Waals surface area (Å²) in [5.74, 6) is -1.36. The molecule has 0 saturated carbocycles. The number of hydrogen-bond acceptors (Lipinski definition) is 5. The van der Waals surface area contributed by atoms with Crippen LogP contribution in [0.1, 0.15) is 35.4 Å². The zero-order valence-electron chi connectivity index (χ0n) is 12.5. The molecule has 1 saturated heterocycles. The van der Waals surface area contributed by atoms with E-state index in [9.17, 15) is 14.7 Å².